The van der Waals surface area contributed by atoms with Crippen LogP contribution in [0.1, 0.15) is 28.9 Å². The predicted molar refractivity (Wildman–Crippen MR) is 84.5 cm³/mol. The van der Waals surface area contributed by atoms with Crippen LogP contribution in [-0.2, 0) is 0 Å². The minimum atomic E-state index is -0.0118. The van der Waals surface area contributed by atoms with E-state index in [2.05, 4.69) is 10.2 Å². The number of benzene rings is 1. The Bertz CT molecular complexity index is 640. The molecule has 5 nitrogen and oxygen atoms in total. The van der Waals surface area contributed by atoms with Gasteiger partial charge in [0, 0.05) is 25.3 Å². The van der Waals surface area contributed by atoms with Gasteiger partial charge in [-0.05, 0) is 31.7 Å². The number of nitrogens with one attached hydrogen (secondary N) is 1. The summed E-state index contributed by atoms with van der Waals surface area (Å²) in [5, 5.41) is 16.3. The van der Waals surface area contributed by atoms with Crippen LogP contribution in [-0.4, -0.2) is 45.8 Å². The van der Waals surface area contributed by atoms with Gasteiger partial charge in [-0.1, -0.05) is 29.8 Å². The Hall–Kier alpha value is -2.14. The molecule has 2 heterocycles. The van der Waals surface area contributed by atoms with E-state index in [1.165, 1.54) is 5.56 Å². The molecule has 5 heteroatoms. The molecule has 0 saturated carbocycles. The number of H-pyrrole nitrogens is 1. The first-order chi connectivity index (χ1) is 10.7. The third-order valence-corrected chi connectivity index (χ3v) is 4.32. The lowest BCUT2D eigenvalue weighted by Crippen LogP contribution is -2.39. The lowest BCUT2D eigenvalue weighted by atomic mass is 9.98. The van der Waals surface area contributed by atoms with Crippen LogP contribution in [0.15, 0.2) is 30.3 Å². The number of amides is 1. The zero-order valence-corrected chi connectivity index (χ0v) is 12.7. The first kappa shape index (κ1) is 14.8. The molecule has 2 aromatic rings. The summed E-state index contributed by atoms with van der Waals surface area (Å²) < 4.78 is 0. The molecule has 1 amide bonds. The van der Waals surface area contributed by atoms with E-state index in [0.29, 0.717) is 24.7 Å². The molecule has 1 aliphatic heterocycles. The average Bonchev–Trinajstić information content (AvgIpc) is 3.05. The normalized spacial score (nSPS) is 16.0. The highest BCUT2D eigenvalue weighted by molar-refractivity contribution is 5.93. The molecular weight excluding hydrogens is 278 g/mol. The fourth-order valence-electron chi connectivity index (χ4n) is 2.79. The monoisotopic (exact) mass is 299 g/mol. The number of aromatic nitrogens is 2. The van der Waals surface area contributed by atoms with Gasteiger partial charge in [0.1, 0.15) is 5.69 Å². The summed E-state index contributed by atoms with van der Waals surface area (Å²) in [5.41, 5.74) is 3.51. The summed E-state index contributed by atoms with van der Waals surface area (Å²) in [5.74, 6) is 0.316. The van der Waals surface area contributed by atoms with Crippen LogP contribution >= 0.6 is 0 Å². The number of carbonyl (C=O) groups is 1. The highest BCUT2D eigenvalue weighted by Crippen LogP contribution is 2.21. The van der Waals surface area contributed by atoms with E-state index >= 15 is 0 Å². The van der Waals surface area contributed by atoms with Crippen LogP contribution in [0.2, 0.25) is 0 Å². The van der Waals surface area contributed by atoms with E-state index in [0.717, 1.165) is 24.1 Å². The summed E-state index contributed by atoms with van der Waals surface area (Å²) >= 11 is 0. The molecule has 1 aromatic carbocycles. The number of aromatic amines is 1. The third-order valence-electron chi connectivity index (χ3n) is 4.32. The first-order valence-corrected chi connectivity index (χ1v) is 7.70. The number of likely N-dealkylation sites (tertiary alicyclic amines) is 1. The van der Waals surface area contributed by atoms with Crippen molar-refractivity contribution in [2.75, 3.05) is 19.7 Å². The molecule has 0 atom stereocenters. The maximum absolute atomic E-state index is 12.5. The average molecular weight is 299 g/mol. The predicted octanol–water partition coefficient (Wildman–Crippen LogP) is 2.23. The van der Waals surface area contributed by atoms with Crippen molar-refractivity contribution in [1.29, 1.82) is 0 Å². The van der Waals surface area contributed by atoms with Crippen LogP contribution in [0.4, 0.5) is 0 Å². The summed E-state index contributed by atoms with van der Waals surface area (Å²) in [6, 6.07) is 9.89. The Kier molecular flexibility index (Phi) is 4.24. The molecule has 0 spiro atoms. The fourth-order valence-corrected chi connectivity index (χ4v) is 2.79. The maximum Gasteiger partial charge on any atom is 0.271 e. The topological polar surface area (TPSA) is 69.2 Å². The van der Waals surface area contributed by atoms with Crippen LogP contribution in [0.25, 0.3) is 11.3 Å². The Morgan fingerprint density at radius 2 is 2.00 bits per heavy atom. The number of hydrogen-bond donors (Lipinski definition) is 2. The van der Waals surface area contributed by atoms with Crippen LogP contribution < -0.4 is 0 Å². The lowest BCUT2D eigenvalue weighted by molar-refractivity contribution is 0.0645. The zero-order chi connectivity index (χ0) is 15.5. The number of hydrogen-bond acceptors (Lipinski definition) is 3. The van der Waals surface area contributed by atoms with E-state index in [-0.39, 0.29) is 12.5 Å². The van der Waals surface area contributed by atoms with Gasteiger partial charge in [-0.3, -0.25) is 9.89 Å². The van der Waals surface area contributed by atoms with Crippen LogP contribution in [0.5, 0.6) is 0 Å². The second kappa shape index (κ2) is 6.32. The first-order valence-electron chi connectivity index (χ1n) is 7.70. The molecular formula is C17H21N3O2. The Labute approximate surface area is 130 Å². The number of carbonyl (C=O) groups excluding carboxylic acids is 1. The van der Waals surface area contributed by atoms with Gasteiger partial charge in [0.25, 0.3) is 5.91 Å². The third kappa shape index (κ3) is 3.04. The maximum atomic E-state index is 12.5. The summed E-state index contributed by atoms with van der Waals surface area (Å²) in [6.07, 6.45) is 1.72. The Morgan fingerprint density at radius 3 is 2.64 bits per heavy atom. The van der Waals surface area contributed by atoms with E-state index in [1.807, 2.05) is 42.2 Å². The molecule has 1 aromatic heterocycles. The second-order valence-electron chi connectivity index (χ2n) is 5.95. The van der Waals surface area contributed by atoms with Crippen molar-refractivity contribution in [2.45, 2.75) is 19.8 Å². The van der Waals surface area contributed by atoms with E-state index in [9.17, 15) is 4.79 Å². The largest absolute Gasteiger partial charge is 0.396 e. The van der Waals surface area contributed by atoms with Gasteiger partial charge >= 0.3 is 0 Å². The van der Waals surface area contributed by atoms with Crippen LogP contribution in [0.3, 0.4) is 0 Å². The molecule has 0 radical (unpaired) electrons. The molecule has 0 bridgehead atoms. The van der Waals surface area contributed by atoms with Gasteiger partial charge in [0.15, 0.2) is 0 Å². The molecule has 0 aliphatic carbocycles. The van der Waals surface area contributed by atoms with Gasteiger partial charge in [-0.25, -0.2) is 0 Å². The number of piperidine rings is 1. The number of aliphatic hydroxyl groups is 1. The highest BCUT2D eigenvalue weighted by Gasteiger charge is 2.24. The van der Waals surface area contributed by atoms with Gasteiger partial charge in [0.05, 0.1) is 5.69 Å². The Balaban J connectivity index is 1.71. The second-order valence-corrected chi connectivity index (χ2v) is 5.95. The molecule has 1 saturated heterocycles. The van der Waals surface area contributed by atoms with E-state index in [1.54, 1.807) is 0 Å². The highest BCUT2D eigenvalue weighted by atomic mass is 16.3. The van der Waals surface area contributed by atoms with Crippen molar-refractivity contribution >= 4 is 5.91 Å². The standard InChI is InChI=1S/C17H21N3O2/c1-12-2-4-14(5-3-12)15-10-16(19-18-15)17(22)20-8-6-13(11-21)7-9-20/h2-5,10,13,21H,6-9,11H2,1H3,(H,18,19). The lowest BCUT2D eigenvalue weighted by Gasteiger charge is -2.30. The number of aryl methyl sites for hydroxylation is 1. The van der Waals surface area contributed by atoms with E-state index in [4.69, 9.17) is 5.11 Å². The summed E-state index contributed by atoms with van der Waals surface area (Å²) in [4.78, 5) is 14.3. The smallest absolute Gasteiger partial charge is 0.271 e. The SMILES string of the molecule is Cc1ccc(-c2cc(C(=O)N3CCC(CO)CC3)[nH]n2)cc1. The Morgan fingerprint density at radius 1 is 1.32 bits per heavy atom. The van der Waals surface area contributed by atoms with Gasteiger partial charge in [-0.15, -0.1) is 0 Å². The van der Waals surface area contributed by atoms with Gasteiger partial charge in [-0.2, -0.15) is 5.10 Å². The van der Waals surface area contributed by atoms with Crippen molar-refractivity contribution in [2.24, 2.45) is 5.92 Å². The minimum Gasteiger partial charge on any atom is -0.396 e. The number of rotatable bonds is 3. The fraction of sp³-hybridized carbons (Fsp3) is 0.412. The van der Waals surface area contributed by atoms with Crippen molar-refractivity contribution in [3.63, 3.8) is 0 Å². The van der Waals surface area contributed by atoms with Gasteiger partial charge < -0.3 is 10.0 Å². The molecule has 1 aliphatic rings. The molecule has 3 rings (SSSR count). The minimum absolute atomic E-state index is 0.0118. The molecule has 1 fully saturated rings. The molecule has 22 heavy (non-hydrogen) atoms. The van der Waals surface area contributed by atoms with Crippen molar-refractivity contribution in [3.8, 4) is 11.3 Å². The van der Waals surface area contributed by atoms with Crippen molar-refractivity contribution < 1.29 is 9.90 Å². The quantitative estimate of drug-likeness (QED) is 0.913. The molecule has 116 valence electrons. The van der Waals surface area contributed by atoms with E-state index < -0.39 is 0 Å². The molecule has 0 unspecified atom stereocenters. The van der Waals surface area contributed by atoms with Gasteiger partial charge in [0.2, 0.25) is 0 Å². The summed E-state index contributed by atoms with van der Waals surface area (Å²) in [6.45, 7) is 3.65. The van der Waals surface area contributed by atoms with Crippen molar-refractivity contribution in [3.05, 3.63) is 41.6 Å². The summed E-state index contributed by atoms with van der Waals surface area (Å²) in [7, 11) is 0. The molecule has 2 N–H and O–H groups in total. The van der Waals surface area contributed by atoms with Crippen molar-refractivity contribution in [1.82, 2.24) is 15.1 Å². The van der Waals surface area contributed by atoms with Crippen LogP contribution in [0, 0.1) is 12.8 Å². The number of nitrogens with zero attached hydrogens (tertiary/aromatic N) is 2. The zero-order valence-electron chi connectivity index (χ0n) is 12.7. The number of aliphatic hydroxyl groups excluding tert-OH is 1.